The number of nitrogens with two attached hydrogens (primary N) is 1. The highest BCUT2D eigenvalue weighted by Crippen LogP contribution is 2.08. The Morgan fingerprint density at radius 2 is 2.38 bits per heavy atom. The highest BCUT2D eigenvalue weighted by atomic mass is 32.1. The van der Waals surface area contributed by atoms with Crippen LogP contribution in [0.5, 0.6) is 0 Å². The van der Waals surface area contributed by atoms with Crippen molar-refractivity contribution in [1.29, 1.82) is 0 Å². The minimum atomic E-state index is 0.584. The molecule has 2 rings (SSSR count). The molecule has 0 bridgehead atoms. The molecule has 0 fully saturated rings. The molecule has 0 aliphatic carbocycles. The zero-order chi connectivity index (χ0) is 11.4. The molecule has 2 aromatic heterocycles. The van der Waals surface area contributed by atoms with E-state index >= 15 is 0 Å². The summed E-state index contributed by atoms with van der Waals surface area (Å²) in [7, 11) is 2.12. The van der Waals surface area contributed by atoms with Crippen molar-refractivity contribution in [2.45, 2.75) is 13.1 Å². The number of anilines is 1. The summed E-state index contributed by atoms with van der Waals surface area (Å²) >= 11 is 1.74. The fraction of sp³-hybridized carbons (Fsp3) is 0.364. The van der Waals surface area contributed by atoms with Crippen LogP contribution in [0, 0.1) is 0 Å². The Morgan fingerprint density at radius 1 is 1.50 bits per heavy atom. The first-order chi connectivity index (χ1) is 7.74. The van der Waals surface area contributed by atoms with Gasteiger partial charge < -0.3 is 10.6 Å². The van der Waals surface area contributed by atoms with Crippen molar-refractivity contribution in [3.63, 3.8) is 0 Å². The van der Waals surface area contributed by atoms with Crippen molar-refractivity contribution in [1.82, 2.24) is 14.7 Å². The second kappa shape index (κ2) is 5.14. The SMILES string of the molecule is CN(CCn1ccc(N)n1)Cc1ccsc1. The van der Waals surface area contributed by atoms with Crippen LogP contribution in [0.3, 0.4) is 0 Å². The Kier molecular flexibility index (Phi) is 3.58. The number of likely N-dealkylation sites (N-methyl/N-ethyl adjacent to an activating group) is 1. The predicted octanol–water partition coefficient (Wildman–Crippen LogP) is 1.66. The minimum absolute atomic E-state index is 0.584. The van der Waals surface area contributed by atoms with Gasteiger partial charge in [-0.15, -0.1) is 0 Å². The van der Waals surface area contributed by atoms with Gasteiger partial charge in [0, 0.05) is 19.3 Å². The molecule has 0 amide bonds. The maximum Gasteiger partial charge on any atom is 0.145 e. The summed E-state index contributed by atoms with van der Waals surface area (Å²) in [6, 6.07) is 3.98. The number of nitrogen functional groups attached to an aromatic ring is 1. The Morgan fingerprint density at radius 3 is 3.00 bits per heavy atom. The quantitative estimate of drug-likeness (QED) is 0.859. The first-order valence-corrected chi connectivity index (χ1v) is 6.17. The van der Waals surface area contributed by atoms with E-state index in [1.54, 1.807) is 11.3 Å². The molecule has 0 saturated carbocycles. The number of hydrogen-bond acceptors (Lipinski definition) is 4. The van der Waals surface area contributed by atoms with Gasteiger partial charge >= 0.3 is 0 Å². The van der Waals surface area contributed by atoms with Crippen LogP contribution in [-0.4, -0.2) is 28.3 Å². The van der Waals surface area contributed by atoms with Gasteiger partial charge in [0.1, 0.15) is 5.82 Å². The summed E-state index contributed by atoms with van der Waals surface area (Å²) < 4.78 is 1.87. The second-order valence-corrected chi connectivity index (χ2v) is 4.65. The molecule has 0 aliphatic heterocycles. The summed E-state index contributed by atoms with van der Waals surface area (Å²) in [5.41, 5.74) is 6.92. The third-order valence-corrected chi connectivity index (χ3v) is 3.14. The highest BCUT2D eigenvalue weighted by Gasteiger charge is 2.01. The Balaban J connectivity index is 1.77. The zero-order valence-corrected chi connectivity index (χ0v) is 10.2. The maximum atomic E-state index is 5.55. The lowest BCUT2D eigenvalue weighted by atomic mass is 10.3. The fourth-order valence-electron chi connectivity index (χ4n) is 1.55. The molecule has 0 unspecified atom stereocenters. The Labute approximate surface area is 99.3 Å². The number of rotatable bonds is 5. The molecule has 5 heteroatoms. The first kappa shape index (κ1) is 11.2. The van der Waals surface area contributed by atoms with E-state index < -0.39 is 0 Å². The van der Waals surface area contributed by atoms with E-state index in [2.05, 4.69) is 33.9 Å². The van der Waals surface area contributed by atoms with Gasteiger partial charge in [-0.2, -0.15) is 16.4 Å². The average molecular weight is 236 g/mol. The van der Waals surface area contributed by atoms with Crippen molar-refractivity contribution >= 4 is 17.2 Å². The van der Waals surface area contributed by atoms with E-state index in [9.17, 15) is 0 Å². The molecule has 0 atom stereocenters. The average Bonchev–Trinajstić information content (AvgIpc) is 2.87. The van der Waals surface area contributed by atoms with E-state index in [-0.39, 0.29) is 0 Å². The second-order valence-electron chi connectivity index (χ2n) is 3.87. The molecule has 2 aromatic rings. The monoisotopic (exact) mass is 236 g/mol. The lowest BCUT2D eigenvalue weighted by molar-refractivity contribution is 0.306. The van der Waals surface area contributed by atoms with E-state index in [1.165, 1.54) is 5.56 Å². The topological polar surface area (TPSA) is 47.1 Å². The van der Waals surface area contributed by atoms with E-state index in [0.717, 1.165) is 19.6 Å². The predicted molar refractivity (Wildman–Crippen MR) is 67.3 cm³/mol. The third kappa shape index (κ3) is 3.08. The molecule has 86 valence electrons. The van der Waals surface area contributed by atoms with Gasteiger partial charge in [0.25, 0.3) is 0 Å². The molecular weight excluding hydrogens is 220 g/mol. The molecule has 0 radical (unpaired) electrons. The Hall–Kier alpha value is -1.33. The summed E-state index contributed by atoms with van der Waals surface area (Å²) in [4.78, 5) is 2.28. The smallest absolute Gasteiger partial charge is 0.145 e. The van der Waals surface area contributed by atoms with Crippen molar-refractivity contribution in [2.75, 3.05) is 19.3 Å². The molecule has 0 aliphatic rings. The Bertz CT molecular complexity index is 421. The number of thiophene rings is 1. The fourth-order valence-corrected chi connectivity index (χ4v) is 2.21. The van der Waals surface area contributed by atoms with Crippen LogP contribution in [0.4, 0.5) is 5.82 Å². The molecule has 0 saturated heterocycles. The van der Waals surface area contributed by atoms with Crippen molar-refractivity contribution in [3.8, 4) is 0 Å². The van der Waals surface area contributed by atoms with Crippen LogP contribution in [0.25, 0.3) is 0 Å². The third-order valence-electron chi connectivity index (χ3n) is 2.40. The van der Waals surface area contributed by atoms with Gasteiger partial charge in [-0.25, -0.2) is 0 Å². The van der Waals surface area contributed by atoms with Crippen LogP contribution in [0.1, 0.15) is 5.56 Å². The molecule has 0 aromatic carbocycles. The van der Waals surface area contributed by atoms with Gasteiger partial charge in [-0.3, -0.25) is 4.68 Å². The summed E-state index contributed by atoms with van der Waals surface area (Å²) in [6.07, 6.45) is 1.91. The van der Waals surface area contributed by atoms with Gasteiger partial charge in [-0.1, -0.05) is 0 Å². The first-order valence-electron chi connectivity index (χ1n) is 5.22. The van der Waals surface area contributed by atoms with Crippen LogP contribution in [-0.2, 0) is 13.1 Å². The zero-order valence-electron chi connectivity index (χ0n) is 9.34. The molecule has 2 N–H and O–H groups in total. The van der Waals surface area contributed by atoms with Crippen LogP contribution < -0.4 is 5.73 Å². The largest absolute Gasteiger partial charge is 0.382 e. The normalized spacial score (nSPS) is 11.1. The molecule has 4 nitrogen and oxygen atoms in total. The van der Waals surface area contributed by atoms with Gasteiger partial charge in [0.2, 0.25) is 0 Å². The highest BCUT2D eigenvalue weighted by molar-refractivity contribution is 7.07. The van der Waals surface area contributed by atoms with Crippen LogP contribution >= 0.6 is 11.3 Å². The maximum absolute atomic E-state index is 5.55. The van der Waals surface area contributed by atoms with Crippen molar-refractivity contribution < 1.29 is 0 Å². The van der Waals surface area contributed by atoms with E-state index in [0.29, 0.717) is 5.82 Å². The number of aromatic nitrogens is 2. The van der Waals surface area contributed by atoms with Gasteiger partial charge in [0.15, 0.2) is 0 Å². The summed E-state index contributed by atoms with van der Waals surface area (Å²) in [5.74, 6) is 0.584. The molecule has 16 heavy (non-hydrogen) atoms. The van der Waals surface area contributed by atoms with Crippen LogP contribution in [0.15, 0.2) is 29.1 Å². The lowest BCUT2D eigenvalue weighted by Crippen LogP contribution is -2.22. The summed E-state index contributed by atoms with van der Waals surface area (Å²) in [5, 5.41) is 8.44. The van der Waals surface area contributed by atoms with E-state index in [4.69, 9.17) is 5.73 Å². The molecule has 2 heterocycles. The van der Waals surface area contributed by atoms with Crippen molar-refractivity contribution in [2.24, 2.45) is 0 Å². The number of nitrogens with zero attached hydrogens (tertiary/aromatic N) is 3. The lowest BCUT2D eigenvalue weighted by Gasteiger charge is -2.15. The molecule has 0 spiro atoms. The minimum Gasteiger partial charge on any atom is -0.382 e. The van der Waals surface area contributed by atoms with Crippen LogP contribution in [0.2, 0.25) is 0 Å². The number of hydrogen-bond donors (Lipinski definition) is 1. The standard InChI is InChI=1S/C11H16N4S/c1-14(8-10-3-7-16-9-10)5-6-15-4-2-11(12)13-15/h2-4,7,9H,5-6,8H2,1H3,(H2,12,13). The molecular formula is C11H16N4S. The van der Waals surface area contributed by atoms with Gasteiger partial charge in [0.05, 0.1) is 6.54 Å². The van der Waals surface area contributed by atoms with Gasteiger partial charge in [-0.05, 0) is 35.5 Å². The van der Waals surface area contributed by atoms with E-state index in [1.807, 2.05) is 16.9 Å². The summed E-state index contributed by atoms with van der Waals surface area (Å²) in [6.45, 7) is 2.83. The van der Waals surface area contributed by atoms with Crippen molar-refractivity contribution in [3.05, 3.63) is 34.7 Å².